The van der Waals surface area contributed by atoms with Gasteiger partial charge in [0.05, 0.1) is 70.9 Å². The van der Waals surface area contributed by atoms with Crippen molar-refractivity contribution in [3.8, 4) is 52.8 Å². The molecule has 3 aliphatic heterocycles. The second kappa shape index (κ2) is 27.1. The average molecular weight is 1420 g/mol. The average Bonchev–Trinajstić information content (AvgIpc) is 1.60. The van der Waals surface area contributed by atoms with Crippen LogP contribution in [0.4, 0.5) is 52.7 Å². The maximum Gasteiger partial charge on any atom is 0.353 e. The van der Waals surface area contributed by atoms with Crippen LogP contribution in [-0.2, 0) is 37.4 Å². The van der Waals surface area contributed by atoms with Crippen LogP contribution in [0.3, 0.4) is 0 Å². The normalized spacial score (nSPS) is 13.7. The molecule has 0 saturated carbocycles. The van der Waals surface area contributed by atoms with Crippen molar-refractivity contribution in [2.45, 2.75) is 115 Å². The Labute approximate surface area is 558 Å². The summed E-state index contributed by atoms with van der Waals surface area (Å²) in [6.45, 7) is 12.8. The number of hydrogen-bond acceptors (Lipinski definition) is 6. The SMILES string of the molecule is C#C[Si](C)(C)C.C#Cc1ccc2c(c1)C(c1ccccc1)=NCc1c(C(F)(F)C(C)(F)F)ncn1-2.CC(F)(F)C(F)(F)c1ncn2c1CN=C(c1ccccc1)c1cc(Br)ccc1-2.CC(F)(F)C(F)(F)c1ncn2c1CN=C(c1ccccc1)c1cc(C#C[Si](C)(C)C)ccc1-2. The van der Waals surface area contributed by atoms with E-state index in [1.807, 2.05) is 103 Å². The summed E-state index contributed by atoms with van der Waals surface area (Å²) in [6, 6.07) is 43.5. The lowest BCUT2D eigenvalue weighted by Crippen LogP contribution is -2.36. The monoisotopic (exact) mass is 1420 g/mol. The number of aromatic nitrogens is 6. The number of nitrogens with zero attached hydrogens (tertiary/aromatic N) is 9. The van der Waals surface area contributed by atoms with Crippen molar-refractivity contribution in [3.63, 3.8) is 0 Å². The molecule has 9 aromatic rings. The molecule has 9 nitrogen and oxygen atoms in total. The Balaban J connectivity index is 0.000000162. The molecule has 0 saturated heterocycles. The summed E-state index contributed by atoms with van der Waals surface area (Å²) >= 11 is 3.42. The molecule has 0 N–H and O–H groups in total. The van der Waals surface area contributed by atoms with Gasteiger partial charge in [-0.25, -0.2) is 15.0 Å². The fourth-order valence-corrected chi connectivity index (χ4v) is 10.9. The molecule has 12 rings (SSSR count). The Morgan fingerprint density at radius 3 is 1.02 bits per heavy atom. The second-order valence-electron chi connectivity index (χ2n) is 24.9. The number of fused-ring (bicyclic) bond motifs is 9. The van der Waals surface area contributed by atoms with Gasteiger partial charge in [0.1, 0.15) is 52.2 Å². The van der Waals surface area contributed by atoms with Crippen LogP contribution < -0.4 is 0 Å². The summed E-state index contributed by atoms with van der Waals surface area (Å²) in [5.74, 6) is -20.3. The van der Waals surface area contributed by atoms with E-state index >= 15 is 0 Å². The van der Waals surface area contributed by atoms with Gasteiger partial charge in [-0.15, -0.1) is 23.9 Å². The molecule has 0 spiro atoms. The van der Waals surface area contributed by atoms with Crippen molar-refractivity contribution in [3.05, 3.63) is 248 Å². The van der Waals surface area contributed by atoms with Gasteiger partial charge in [0, 0.05) is 69.8 Å². The van der Waals surface area contributed by atoms with Gasteiger partial charge >= 0.3 is 35.5 Å². The molecule has 3 aromatic heterocycles. The lowest BCUT2D eigenvalue weighted by atomic mass is 9.98. The smallest absolute Gasteiger partial charge is 0.300 e. The van der Waals surface area contributed by atoms with Gasteiger partial charge in [0.25, 0.3) is 0 Å². The molecule has 0 fully saturated rings. The quantitative estimate of drug-likeness (QED) is 0.0819. The summed E-state index contributed by atoms with van der Waals surface area (Å²) in [7, 11) is -2.72. The van der Waals surface area contributed by atoms with Gasteiger partial charge in [-0.3, -0.25) is 15.0 Å². The van der Waals surface area contributed by atoms with Gasteiger partial charge in [-0.2, -0.15) is 52.7 Å². The van der Waals surface area contributed by atoms with Gasteiger partial charge in [-0.1, -0.05) is 158 Å². The first kappa shape index (κ1) is 71.0. The van der Waals surface area contributed by atoms with Crippen LogP contribution in [0.25, 0.3) is 17.1 Å². The number of halogens is 13. The van der Waals surface area contributed by atoms with Crippen LogP contribution >= 0.6 is 15.9 Å². The van der Waals surface area contributed by atoms with E-state index in [0.29, 0.717) is 56.5 Å². The zero-order valence-corrected chi connectivity index (χ0v) is 56.9. The molecular formula is C72H62BrF12N9Si2. The molecule has 494 valence electrons. The van der Waals surface area contributed by atoms with E-state index in [2.05, 4.69) is 108 Å². The lowest BCUT2D eigenvalue weighted by Gasteiger charge is -2.22. The molecule has 6 aromatic carbocycles. The van der Waals surface area contributed by atoms with E-state index in [-0.39, 0.29) is 57.5 Å². The van der Waals surface area contributed by atoms with Crippen LogP contribution in [0, 0.1) is 35.8 Å². The zero-order chi connectivity index (χ0) is 70.1. The Kier molecular flexibility index (Phi) is 20.0. The standard InChI is InChI=1S/C25H23F4N3Si.C22H15F4N3.C20H14BrF4N3.C5H10Si/c1-24(26,27)25(28,29)23-21-15-30-22(18-8-6-5-7-9-18)19-14-17(12-13-33(2,3)4)10-11-20(19)32(21)16-31-23;1-3-14-9-10-17-16(11-14)19(15-7-5-4-6-8-15)27-12-18-20(28-13-29(17)18)22(25,26)21(2,23)24;1-19(22,23)20(24,25)18-16-10-26-17(12-5-3-2-4-6-12)14-9-13(21)7-8-15(14)28(16)11-27-18;1-5-6(2,3)4/h5-11,14,16H,15H2,1-4H3;1,4-11,13H,12H2,2H3;2-9,11H,10H2,1H3;1H,2-4H3. The van der Waals surface area contributed by atoms with Crippen molar-refractivity contribution < 1.29 is 52.7 Å². The number of aliphatic imine (C=N–C) groups is 3. The van der Waals surface area contributed by atoms with Crippen LogP contribution in [0.1, 0.15) is 99.4 Å². The van der Waals surface area contributed by atoms with Crippen LogP contribution in [0.2, 0.25) is 39.3 Å². The molecule has 0 aliphatic carbocycles. The first-order valence-corrected chi connectivity index (χ1v) is 37.5. The van der Waals surface area contributed by atoms with Crippen LogP contribution in [0.15, 0.2) is 184 Å². The Bertz CT molecular complexity index is 4620. The highest BCUT2D eigenvalue weighted by molar-refractivity contribution is 9.10. The zero-order valence-electron chi connectivity index (χ0n) is 53.3. The van der Waals surface area contributed by atoms with E-state index in [1.165, 1.54) is 20.0 Å². The van der Waals surface area contributed by atoms with E-state index in [1.54, 1.807) is 42.5 Å². The number of rotatable bonds is 9. The largest absolute Gasteiger partial charge is 0.353 e. The summed E-state index contributed by atoms with van der Waals surface area (Å²) in [5, 5.41) is 0. The summed E-state index contributed by atoms with van der Waals surface area (Å²) < 4.78 is 174. The van der Waals surface area contributed by atoms with Crippen molar-refractivity contribution in [2.24, 2.45) is 15.0 Å². The molecular weight excluding hydrogens is 1350 g/mol. The van der Waals surface area contributed by atoms with Crippen molar-refractivity contribution in [2.75, 3.05) is 0 Å². The van der Waals surface area contributed by atoms with Crippen molar-refractivity contribution in [1.29, 1.82) is 0 Å². The molecule has 3 aliphatic rings. The molecule has 0 bridgehead atoms. The summed E-state index contributed by atoms with van der Waals surface area (Å²) in [6.07, 6.45) is 14.1. The minimum Gasteiger partial charge on any atom is -0.300 e. The maximum absolute atomic E-state index is 14.6. The van der Waals surface area contributed by atoms with Crippen LogP contribution in [-0.4, -0.2) is 79.7 Å². The third kappa shape index (κ3) is 14.9. The fourth-order valence-electron chi connectivity index (χ4n) is 10.1. The van der Waals surface area contributed by atoms with Gasteiger partial charge in [0.15, 0.2) is 0 Å². The number of hydrogen-bond donors (Lipinski definition) is 0. The minimum absolute atomic E-state index is 0.0546. The second-order valence-corrected chi connectivity index (χ2v) is 35.3. The third-order valence-electron chi connectivity index (χ3n) is 15.1. The first-order valence-electron chi connectivity index (χ1n) is 29.7. The van der Waals surface area contributed by atoms with Crippen LogP contribution in [0.5, 0.6) is 0 Å². The minimum atomic E-state index is -4.43. The Morgan fingerprint density at radius 1 is 0.417 bits per heavy atom. The topological polar surface area (TPSA) is 90.5 Å². The maximum atomic E-state index is 14.6. The summed E-state index contributed by atoms with van der Waals surface area (Å²) in [5.41, 5.74) is 12.0. The molecule has 0 amide bonds. The number of terminal acetylenes is 2. The third-order valence-corrected chi connectivity index (χ3v) is 17.4. The lowest BCUT2D eigenvalue weighted by molar-refractivity contribution is -0.207. The molecule has 0 unspecified atom stereocenters. The van der Waals surface area contributed by atoms with E-state index in [0.717, 1.165) is 39.4 Å². The Hall–Kier alpha value is -9.29. The molecule has 6 heterocycles. The predicted octanol–water partition coefficient (Wildman–Crippen LogP) is 18.4. The number of alkyl halides is 12. The highest BCUT2D eigenvalue weighted by Gasteiger charge is 2.59. The highest BCUT2D eigenvalue weighted by atomic mass is 79.9. The Morgan fingerprint density at radius 2 is 0.719 bits per heavy atom. The van der Waals surface area contributed by atoms with Gasteiger partial charge < -0.3 is 13.7 Å². The van der Waals surface area contributed by atoms with Gasteiger partial charge in [-0.05, 0) is 54.6 Å². The number of benzene rings is 6. The van der Waals surface area contributed by atoms with E-state index in [9.17, 15) is 52.7 Å². The highest BCUT2D eigenvalue weighted by Crippen LogP contribution is 2.47. The van der Waals surface area contributed by atoms with E-state index < -0.39 is 68.8 Å². The fraction of sp³-hybridized carbons (Fsp3) is 0.250. The predicted molar refractivity (Wildman–Crippen MR) is 360 cm³/mol. The van der Waals surface area contributed by atoms with Crippen molar-refractivity contribution >= 4 is 49.2 Å². The van der Waals surface area contributed by atoms with E-state index in [4.69, 9.17) is 12.8 Å². The molecule has 24 heteroatoms. The van der Waals surface area contributed by atoms with Crippen molar-refractivity contribution in [1.82, 2.24) is 28.7 Å². The molecule has 96 heavy (non-hydrogen) atoms. The summed E-state index contributed by atoms with van der Waals surface area (Å²) in [4.78, 5) is 24.6. The molecule has 0 radical (unpaired) electrons. The first-order chi connectivity index (χ1) is 44.9. The van der Waals surface area contributed by atoms with Gasteiger partial charge in [0.2, 0.25) is 0 Å². The number of imidazole rings is 3. The molecule has 0 atom stereocenters.